The molecule has 0 aliphatic heterocycles. The first-order valence-electron chi connectivity index (χ1n) is 6.44. The van der Waals surface area contributed by atoms with E-state index in [1.807, 2.05) is 0 Å². The molecule has 1 heterocycles. The Morgan fingerprint density at radius 3 is 2.47 bits per heavy atom. The molecule has 0 aliphatic rings. The lowest BCUT2D eigenvalue weighted by atomic mass is 9.91. The normalized spacial score (nSPS) is 16.2. The summed E-state index contributed by atoms with van der Waals surface area (Å²) >= 11 is 1.75. The smallest absolute Gasteiger partial charge is 0.0509 e. The quantitative estimate of drug-likeness (QED) is 0.839. The van der Waals surface area contributed by atoms with Crippen molar-refractivity contribution in [3.05, 3.63) is 22.4 Å². The predicted molar refractivity (Wildman–Crippen MR) is 77.5 cm³/mol. The number of hydrogen-bond acceptors (Lipinski definition) is 3. The third-order valence-corrected chi connectivity index (χ3v) is 4.70. The van der Waals surface area contributed by atoms with E-state index in [-0.39, 0.29) is 11.6 Å². The summed E-state index contributed by atoms with van der Waals surface area (Å²) in [6.45, 7) is 8.97. The van der Waals surface area contributed by atoms with Crippen LogP contribution in [0.1, 0.15) is 52.1 Å². The summed E-state index contributed by atoms with van der Waals surface area (Å²) in [6, 6.07) is 2.72. The molecule has 1 aromatic rings. The minimum absolute atomic E-state index is 0.180. The van der Waals surface area contributed by atoms with Gasteiger partial charge in [0.05, 0.1) is 6.04 Å². The molecule has 17 heavy (non-hydrogen) atoms. The summed E-state index contributed by atoms with van der Waals surface area (Å²) in [4.78, 5) is 2.43. The molecule has 0 radical (unpaired) electrons. The van der Waals surface area contributed by atoms with Crippen molar-refractivity contribution >= 4 is 11.3 Å². The lowest BCUT2D eigenvalue weighted by molar-refractivity contribution is 0.0809. The van der Waals surface area contributed by atoms with E-state index >= 15 is 0 Å². The zero-order valence-corrected chi connectivity index (χ0v) is 12.6. The Hall–Kier alpha value is -0.380. The number of nitrogens with zero attached hydrogens (tertiary/aromatic N) is 1. The van der Waals surface area contributed by atoms with E-state index in [4.69, 9.17) is 5.73 Å². The second-order valence-corrected chi connectivity index (χ2v) is 6.13. The molecule has 1 rings (SSSR count). The maximum Gasteiger partial charge on any atom is 0.0509 e. The molecule has 0 bridgehead atoms. The Kier molecular flexibility index (Phi) is 5.17. The molecule has 0 aliphatic carbocycles. The Morgan fingerprint density at radius 2 is 2.06 bits per heavy atom. The Balaban J connectivity index is 2.99. The van der Waals surface area contributed by atoms with E-state index in [9.17, 15) is 0 Å². The molecular weight excluding hydrogens is 228 g/mol. The summed E-state index contributed by atoms with van der Waals surface area (Å²) in [5, 5.41) is 4.36. The monoisotopic (exact) mass is 254 g/mol. The van der Waals surface area contributed by atoms with Crippen LogP contribution in [0.15, 0.2) is 16.8 Å². The van der Waals surface area contributed by atoms with Crippen LogP contribution in [0.4, 0.5) is 0 Å². The Morgan fingerprint density at radius 1 is 1.41 bits per heavy atom. The van der Waals surface area contributed by atoms with Crippen molar-refractivity contribution in [1.82, 2.24) is 4.90 Å². The van der Waals surface area contributed by atoms with Crippen LogP contribution in [0.2, 0.25) is 0 Å². The van der Waals surface area contributed by atoms with Crippen LogP contribution in [0, 0.1) is 0 Å². The minimum Gasteiger partial charge on any atom is -0.326 e. The number of likely N-dealkylation sites (N-methyl/N-ethyl adjacent to an activating group) is 1. The zero-order valence-electron chi connectivity index (χ0n) is 11.7. The van der Waals surface area contributed by atoms with Crippen molar-refractivity contribution in [2.24, 2.45) is 5.73 Å². The van der Waals surface area contributed by atoms with Gasteiger partial charge >= 0.3 is 0 Å². The fourth-order valence-electron chi connectivity index (χ4n) is 2.05. The van der Waals surface area contributed by atoms with Crippen LogP contribution in [-0.4, -0.2) is 23.5 Å². The Bertz CT molecular complexity index is 319. The second-order valence-electron chi connectivity index (χ2n) is 5.35. The van der Waals surface area contributed by atoms with Gasteiger partial charge in [-0.05, 0) is 56.1 Å². The second kappa shape index (κ2) is 5.98. The number of rotatable bonds is 6. The molecule has 2 N–H and O–H groups in total. The molecular formula is C14H26N2S. The summed E-state index contributed by atoms with van der Waals surface area (Å²) < 4.78 is 0. The highest BCUT2D eigenvalue weighted by Gasteiger charge is 2.32. The molecule has 0 saturated heterocycles. The molecule has 1 aromatic heterocycles. The summed E-state index contributed by atoms with van der Waals surface area (Å²) in [6.07, 6.45) is 2.13. The molecule has 2 unspecified atom stereocenters. The van der Waals surface area contributed by atoms with Gasteiger partial charge in [-0.1, -0.05) is 13.8 Å². The van der Waals surface area contributed by atoms with Crippen molar-refractivity contribution < 1.29 is 0 Å². The molecule has 0 spiro atoms. The first-order chi connectivity index (χ1) is 7.94. The van der Waals surface area contributed by atoms with Crippen molar-refractivity contribution in [2.45, 2.75) is 58.2 Å². The van der Waals surface area contributed by atoms with Crippen LogP contribution in [-0.2, 0) is 0 Å². The van der Waals surface area contributed by atoms with Crippen molar-refractivity contribution in [3.63, 3.8) is 0 Å². The summed E-state index contributed by atoms with van der Waals surface area (Å²) in [5.74, 6) is 0. The van der Waals surface area contributed by atoms with Gasteiger partial charge in [-0.25, -0.2) is 0 Å². The average molecular weight is 254 g/mol. The highest BCUT2D eigenvalue weighted by atomic mass is 32.1. The van der Waals surface area contributed by atoms with Gasteiger partial charge in [0, 0.05) is 11.6 Å². The van der Waals surface area contributed by atoms with Gasteiger partial charge in [0.15, 0.2) is 0 Å². The van der Waals surface area contributed by atoms with Crippen LogP contribution in [0.3, 0.4) is 0 Å². The van der Waals surface area contributed by atoms with E-state index in [0.717, 1.165) is 12.8 Å². The molecule has 98 valence electrons. The van der Waals surface area contributed by atoms with Gasteiger partial charge in [0.25, 0.3) is 0 Å². The van der Waals surface area contributed by atoms with Crippen molar-refractivity contribution in [1.29, 1.82) is 0 Å². The van der Waals surface area contributed by atoms with Gasteiger partial charge in [-0.2, -0.15) is 11.3 Å². The predicted octanol–water partition coefficient (Wildman–Crippen LogP) is 3.65. The van der Waals surface area contributed by atoms with Crippen molar-refractivity contribution in [3.8, 4) is 0 Å². The standard InChI is InChI=1S/C14H26N2S/c1-6-12(15)13(11-8-9-17-10-11)16(5)14(3,4)7-2/h8-10,12-13H,6-7,15H2,1-5H3. The summed E-state index contributed by atoms with van der Waals surface area (Å²) in [7, 11) is 2.20. The number of nitrogens with two attached hydrogens (primary N) is 1. The topological polar surface area (TPSA) is 29.3 Å². The maximum atomic E-state index is 6.32. The van der Waals surface area contributed by atoms with Crippen LogP contribution in [0.25, 0.3) is 0 Å². The molecule has 0 fully saturated rings. The molecule has 0 saturated carbocycles. The first kappa shape index (κ1) is 14.7. The Labute approximate surface area is 110 Å². The van der Waals surface area contributed by atoms with Crippen molar-refractivity contribution in [2.75, 3.05) is 7.05 Å². The molecule has 2 nitrogen and oxygen atoms in total. The highest BCUT2D eigenvalue weighted by molar-refractivity contribution is 7.07. The molecule has 0 aromatic carbocycles. The number of thiophene rings is 1. The fourth-order valence-corrected chi connectivity index (χ4v) is 2.74. The van der Waals surface area contributed by atoms with Gasteiger partial charge in [0.1, 0.15) is 0 Å². The van der Waals surface area contributed by atoms with Gasteiger partial charge in [-0.15, -0.1) is 0 Å². The lowest BCUT2D eigenvalue weighted by Crippen LogP contribution is -2.48. The van der Waals surface area contributed by atoms with Gasteiger partial charge < -0.3 is 5.73 Å². The first-order valence-corrected chi connectivity index (χ1v) is 7.39. The van der Waals surface area contributed by atoms with E-state index in [2.05, 4.69) is 56.5 Å². The third-order valence-electron chi connectivity index (χ3n) is 4.00. The van der Waals surface area contributed by atoms with Gasteiger partial charge in [-0.3, -0.25) is 4.90 Å². The molecule has 3 heteroatoms. The minimum atomic E-state index is 0.180. The van der Waals surface area contributed by atoms with Crippen LogP contribution in [0.5, 0.6) is 0 Å². The van der Waals surface area contributed by atoms with E-state index in [0.29, 0.717) is 6.04 Å². The molecule has 0 amide bonds. The van der Waals surface area contributed by atoms with Gasteiger partial charge in [0.2, 0.25) is 0 Å². The SMILES string of the molecule is CCC(N)C(c1ccsc1)N(C)C(C)(C)CC. The molecule has 2 atom stereocenters. The highest BCUT2D eigenvalue weighted by Crippen LogP contribution is 2.32. The van der Waals surface area contributed by atoms with Crippen LogP contribution < -0.4 is 5.73 Å². The van der Waals surface area contributed by atoms with E-state index in [1.165, 1.54) is 5.56 Å². The third kappa shape index (κ3) is 3.30. The lowest BCUT2D eigenvalue weighted by Gasteiger charge is -2.43. The number of hydrogen-bond donors (Lipinski definition) is 1. The van der Waals surface area contributed by atoms with Crippen LogP contribution >= 0.6 is 11.3 Å². The fraction of sp³-hybridized carbons (Fsp3) is 0.714. The largest absolute Gasteiger partial charge is 0.326 e. The average Bonchev–Trinajstić information content (AvgIpc) is 2.82. The van der Waals surface area contributed by atoms with E-state index in [1.54, 1.807) is 11.3 Å². The maximum absolute atomic E-state index is 6.32. The zero-order chi connectivity index (χ0) is 13.1. The van der Waals surface area contributed by atoms with E-state index < -0.39 is 0 Å². The summed E-state index contributed by atoms with van der Waals surface area (Å²) in [5.41, 5.74) is 7.86.